The van der Waals surface area contributed by atoms with Crippen molar-refractivity contribution in [3.05, 3.63) is 24.8 Å². The zero-order chi connectivity index (χ0) is 20.1. The monoisotopic (exact) mass is 430 g/mol. The van der Waals surface area contributed by atoms with Crippen molar-refractivity contribution in [1.82, 2.24) is 0 Å². The molecule has 0 N–H and O–H groups in total. The van der Waals surface area contributed by atoms with Crippen LogP contribution < -0.4 is 9.47 Å². The number of hydrogen-bond acceptors (Lipinski definition) is 2. The molecule has 0 aliphatic heterocycles. The van der Waals surface area contributed by atoms with Gasteiger partial charge in [0, 0.05) is 0 Å². The van der Waals surface area contributed by atoms with Crippen LogP contribution in [0.25, 0.3) is 0 Å². The zero-order valence-corrected chi connectivity index (χ0v) is 13.9. The van der Waals surface area contributed by atoms with E-state index in [1.54, 1.807) is 0 Å². The van der Waals surface area contributed by atoms with E-state index in [4.69, 9.17) is 0 Å². The lowest BCUT2D eigenvalue weighted by Crippen LogP contribution is -2.19. The number of hydrogen-bond donors (Lipinski definition) is 0. The first kappa shape index (κ1) is 21.6. The summed E-state index contributed by atoms with van der Waals surface area (Å²) in [6, 6.07) is 0.108. The largest absolute Gasteiger partial charge is 0.492 e. The summed E-state index contributed by atoms with van der Waals surface area (Å²) in [6.07, 6.45) is 0.727. The number of rotatable bonds is 7. The first-order valence-corrected chi connectivity index (χ1v) is 10.0. The second-order valence-electron chi connectivity index (χ2n) is 4.69. The van der Waals surface area contributed by atoms with Gasteiger partial charge in [-0.15, -0.1) is 0 Å². The molecule has 0 saturated heterocycles. The summed E-state index contributed by atoms with van der Waals surface area (Å²) in [5, 5.41) is 0. The summed E-state index contributed by atoms with van der Waals surface area (Å²) >= 11 is 0. The van der Waals surface area contributed by atoms with Crippen molar-refractivity contribution >= 4 is 20.4 Å². The van der Waals surface area contributed by atoms with Crippen LogP contribution in [0.15, 0.2) is 34.6 Å². The van der Waals surface area contributed by atoms with Crippen molar-refractivity contribution in [1.29, 1.82) is 0 Å². The van der Waals surface area contributed by atoms with Gasteiger partial charge in [-0.1, -0.05) is 51.5 Å². The van der Waals surface area contributed by atoms with Crippen LogP contribution >= 0.6 is 20.4 Å². The molecule has 0 aromatic heterocycles. The minimum Gasteiger partial charge on any atom is -0.492 e. The van der Waals surface area contributed by atoms with E-state index in [2.05, 4.69) is 16.1 Å². The molecular weight excluding hydrogens is 418 g/mol. The van der Waals surface area contributed by atoms with E-state index in [1.165, 1.54) is 0 Å². The van der Waals surface area contributed by atoms with Crippen molar-refractivity contribution < 1.29 is 48.3 Å². The van der Waals surface area contributed by atoms with Gasteiger partial charge in [0.1, 0.15) is 18.1 Å². The summed E-state index contributed by atoms with van der Waals surface area (Å²) in [5.41, 5.74) is 0. The Kier molecular flexibility index (Phi) is 4.01. The van der Waals surface area contributed by atoms with Gasteiger partial charge in [0.25, 0.3) is 0 Å². The molecule has 1 aromatic carbocycles. The van der Waals surface area contributed by atoms with E-state index in [0.717, 1.165) is 13.0 Å². The van der Waals surface area contributed by atoms with E-state index in [9.17, 15) is 38.9 Å². The first-order valence-electron chi connectivity index (χ1n) is 6.12. The zero-order valence-electron chi connectivity index (χ0n) is 12.3. The maximum absolute atomic E-state index is 13.2. The van der Waals surface area contributed by atoms with E-state index in [1.807, 2.05) is 0 Å². The van der Waals surface area contributed by atoms with Gasteiger partial charge < -0.3 is 9.47 Å². The molecule has 0 saturated carbocycles. The van der Waals surface area contributed by atoms with Gasteiger partial charge in [-0.2, -0.15) is 0 Å². The lowest BCUT2D eigenvalue weighted by molar-refractivity contribution is 0.284. The van der Waals surface area contributed by atoms with Crippen LogP contribution in [0.1, 0.15) is 6.92 Å². The molecule has 25 heavy (non-hydrogen) atoms. The van der Waals surface area contributed by atoms with Gasteiger partial charge >= 0.3 is 20.4 Å². The van der Waals surface area contributed by atoms with Crippen LogP contribution in [0.5, 0.6) is 11.5 Å². The molecule has 0 fully saturated rings. The minimum absolute atomic E-state index is 0.0503. The average molecular weight is 430 g/mol. The van der Waals surface area contributed by atoms with Crippen LogP contribution in [0.3, 0.4) is 0 Å². The highest BCUT2D eigenvalue weighted by atomic mass is 32.5. The van der Waals surface area contributed by atoms with Gasteiger partial charge in [0.15, 0.2) is 9.79 Å². The van der Waals surface area contributed by atoms with Gasteiger partial charge in [-0.3, -0.25) is 0 Å². The smallest absolute Gasteiger partial charge is 0.315 e. The van der Waals surface area contributed by atoms with E-state index in [-0.39, 0.29) is 12.1 Å². The summed E-state index contributed by atoms with van der Waals surface area (Å²) in [5.74, 6) is -4.18. The average Bonchev–Trinajstić information content (AvgIpc) is 2.31. The molecule has 0 radical (unpaired) electrons. The van der Waals surface area contributed by atoms with E-state index in [0.29, 0.717) is 0 Å². The van der Waals surface area contributed by atoms with Crippen LogP contribution in [0.2, 0.25) is 0 Å². The Bertz CT molecular complexity index is 709. The molecule has 0 aliphatic carbocycles. The van der Waals surface area contributed by atoms with Gasteiger partial charge in [0.2, 0.25) is 0 Å². The third-order valence-corrected chi connectivity index (χ3v) is 4.95. The highest BCUT2D eigenvalue weighted by Gasteiger charge is 2.78. The standard InChI is InChI=1S/C11H12F10O2S2/c1-3-7-23-9-6-5-8(22-4-2)10(24(12,13,14,15)16)11(9)25(17,18,19,20)21/h3,5-6H,1,4,7H2,2H3. The number of halogens is 10. The third-order valence-electron chi connectivity index (χ3n) is 2.47. The van der Waals surface area contributed by atoms with Crippen LogP contribution in [0, 0.1) is 0 Å². The molecule has 0 bridgehead atoms. The summed E-state index contributed by atoms with van der Waals surface area (Å²) in [7, 11) is -22.6. The van der Waals surface area contributed by atoms with Crippen molar-refractivity contribution in [3.8, 4) is 11.5 Å². The Morgan fingerprint density at radius 1 is 0.800 bits per heavy atom. The molecule has 0 aliphatic rings. The quantitative estimate of drug-likeness (QED) is 0.323. The van der Waals surface area contributed by atoms with Crippen LogP contribution in [-0.4, -0.2) is 13.2 Å². The summed E-state index contributed by atoms with van der Waals surface area (Å²) < 4.78 is 140. The molecule has 0 amide bonds. The van der Waals surface area contributed by atoms with E-state index < -0.39 is 55.0 Å². The minimum atomic E-state index is -11.3. The second kappa shape index (κ2) is 4.64. The molecule has 0 spiro atoms. The van der Waals surface area contributed by atoms with Crippen LogP contribution in [-0.2, 0) is 0 Å². The normalized spacial score (nSPS) is 18.4. The van der Waals surface area contributed by atoms with Crippen molar-refractivity contribution in [2.24, 2.45) is 0 Å². The van der Waals surface area contributed by atoms with Gasteiger partial charge in [-0.05, 0) is 19.1 Å². The molecule has 14 heteroatoms. The van der Waals surface area contributed by atoms with Gasteiger partial charge in [0.05, 0.1) is 6.61 Å². The predicted octanol–water partition coefficient (Wildman–Crippen LogP) is 7.96. The van der Waals surface area contributed by atoms with E-state index >= 15 is 0 Å². The Labute approximate surface area is 135 Å². The topological polar surface area (TPSA) is 18.5 Å². The SMILES string of the molecule is C=CCOc1ccc(OCC)c(S(F)(F)(F)(F)F)c1S(F)(F)(F)(F)F. The molecule has 2 nitrogen and oxygen atoms in total. The number of ether oxygens (including phenoxy) is 2. The Morgan fingerprint density at radius 3 is 1.44 bits per heavy atom. The maximum atomic E-state index is 13.2. The lowest BCUT2D eigenvalue weighted by Gasteiger charge is -2.48. The second-order valence-corrected chi connectivity index (χ2v) is 9.38. The molecule has 0 unspecified atom stereocenters. The predicted molar refractivity (Wildman–Crippen MR) is 76.1 cm³/mol. The maximum Gasteiger partial charge on any atom is 0.315 e. The van der Waals surface area contributed by atoms with Crippen molar-refractivity contribution in [2.45, 2.75) is 16.7 Å². The third kappa shape index (κ3) is 5.26. The van der Waals surface area contributed by atoms with Crippen molar-refractivity contribution in [2.75, 3.05) is 13.2 Å². The molecule has 1 aromatic rings. The lowest BCUT2D eigenvalue weighted by atomic mass is 10.3. The summed E-state index contributed by atoms with van der Waals surface area (Å²) in [4.78, 5) is -7.73. The fourth-order valence-corrected chi connectivity index (χ4v) is 4.65. The molecule has 0 heterocycles. The Morgan fingerprint density at radius 2 is 1.16 bits per heavy atom. The first-order chi connectivity index (χ1) is 10.6. The fourth-order valence-electron chi connectivity index (χ4n) is 1.79. The highest BCUT2D eigenvalue weighted by Crippen LogP contribution is 3.10. The molecular formula is C11H12F10O2S2. The molecule has 0 atom stereocenters. The number of benzene rings is 1. The highest BCUT2D eigenvalue weighted by molar-refractivity contribution is 8.48. The summed E-state index contributed by atoms with van der Waals surface area (Å²) in [6.45, 7) is 2.22. The molecule has 1 rings (SSSR count). The van der Waals surface area contributed by atoms with Gasteiger partial charge in [-0.25, -0.2) is 0 Å². The van der Waals surface area contributed by atoms with Crippen molar-refractivity contribution in [3.63, 3.8) is 0 Å². The Hall–Kier alpha value is -1.44. The Balaban J connectivity index is 4.18. The molecule has 150 valence electrons. The fraction of sp³-hybridized carbons (Fsp3) is 0.273. The van der Waals surface area contributed by atoms with Crippen LogP contribution in [0.4, 0.5) is 38.9 Å².